The van der Waals surface area contributed by atoms with E-state index in [9.17, 15) is 19.5 Å². The van der Waals surface area contributed by atoms with Crippen LogP contribution in [0.2, 0.25) is 0 Å². The summed E-state index contributed by atoms with van der Waals surface area (Å²) in [6.07, 6.45) is 1.56. The highest BCUT2D eigenvalue weighted by Gasteiger charge is 2.62. The minimum Gasteiger partial charge on any atom is -0.481 e. The van der Waals surface area contributed by atoms with Crippen LogP contribution < -0.4 is 0 Å². The van der Waals surface area contributed by atoms with Crippen LogP contribution in [0.25, 0.3) is 0 Å². The molecule has 0 spiro atoms. The van der Waals surface area contributed by atoms with Crippen molar-refractivity contribution in [1.29, 1.82) is 5.26 Å². The first kappa shape index (κ1) is 16.7. The van der Waals surface area contributed by atoms with Gasteiger partial charge >= 0.3 is 5.97 Å². The van der Waals surface area contributed by atoms with Crippen molar-refractivity contribution >= 4 is 17.8 Å². The Kier molecular flexibility index (Phi) is 4.05. The van der Waals surface area contributed by atoms with E-state index in [4.69, 9.17) is 5.26 Å². The van der Waals surface area contributed by atoms with Gasteiger partial charge in [0.1, 0.15) is 5.41 Å². The predicted molar refractivity (Wildman–Crippen MR) is 87.4 cm³/mol. The quantitative estimate of drug-likeness (QED) is 0.815. The van der Waals surface area contributed by atoms with Crippen molar-refractivity contribution in [2.24, 2.45) is 11.3 Å². The third-order valence-electron chi connectivity index (χ3n) is 4.93. The number of aliphatic carboxylic acids is 1. The molecule has 1 N–H and O–H groups in total. The van der Waals surface area contributed by atoms with E-state index < -0.39 is 17.3 Å². The van der Waals surface area contributed by atoms with E-state index in [0.29, 0.717) is 17.7 Å². The standard InChI is InChI=1S/C18H17N3O4/c1-2-6-20-10-18(17(24)25)11-21(9-14(18)16(20)23)15(22)13-5-3-4-12(7-13)8-19/h2-5,7,14H,1,6,9-11H2,(H,24,25)/t14-,18+/m0/s1. The first-order chi connectivity index (χ1) is 11.9. The first-order valence-electron chi connectivity index (χ1n) is 7.85. The first-order valence-corrected chi connectivity index (χ1v) is 7.85. The summed E-state index contributed by atoms with van der Waals surface area (Å²) < 4.78 is 0. The minimum atomic E-state index is -1.29. The number of benzene rings is 1. The van der Waals surface area contributed by atoms with Gasteiger partial charge in [-0.05, 0) is 18.2 Å². The van der Waals surface area contributed by atoms with Crippen molar-refractivity contribution in [2.45, 2.75) is 0 Å². The molecule has 7 heteroatoms. The molecule has 25 heavy (non-hydrogen) atoms. The molecule has 0 aliphatic carbocycles. The average Bonchev–Trinajstić information content (AvgIpc) is 3.11. The summed E-state index contributed by atoms with van der Waals surface area (Å²) in [4.78, 5) is 40.0. The van der Waals surface area contributed by atoms with Crippen molar-refractivity contribution in [1.82, 2.24) is 9.80 Å². The Morgan fingerprint density at radius 2 is 2.20 bits per heavy atom. The maximum Gasteiger partial charge on any atom is 0.314 e. The fourth-order valence-corrected chi connectivity index (χ4v) is 3.68. The van der Waals surface area contributed by atoms with Crippen LogP contribution in [0.15, 0.2) is 36.9 Å². The number of nitrogens with zero attached hydrogens (tertiary/aromatic N) is 3. The van der Waals surface area contributed by atoms with E-state index in [1.165, 1.54) is 15.9 Å². The highest BCUT2D eigenvalue weighted by molar-refractivity contribution is 5.98. The highest BCUT2D eigenvalue weighted by Crippen LogP contribution is 2.44. The van der Waals surface area contributed by atoms with Gasteiger partial charge in [-0.3, -0.25) is 14.4 Å². The second-order valence-corrected chi connectivity index (χ2v) is 6.40. The van der Waals surface area contributed by atoms with Gasteiger partial charge in [0.25, 0.3) is 5.91 Å². The SMILES string of the molecule is C=CCN1C[C@@]2(C(=O)O)CN(C(=O)c3cccc(C#N)c3)C[C@H]2C1=O. The fraction of sp³-hybridized carbons (Fsp3) is 0.333. The number of amides is 2. The molecule has 2 fully saturated rings. The van der Waals surface area contributed by atoms with Crippen molar-refractivity contribution in [2.75, 3.05) is 26.2 Å². The number of carbonyl (C=O) groups excluding carboxylic acids is 2. The van der Waals surface area contributed by atoms with Gasteiger partial charge in [-0.25, -0.2) is 0 Å². The molecule has 3 rings (SSSR count). The summed E-state index contributed by atoms with van der Waals surface area (Å²) >= 11 is 0. The zero-order valence-electron chi connectivity index (χ0n) is 13.5. The van der Waals surface area contributed by atoms with Crippen LogP contribution >= 0.6 is 0 Å². The zero-order valence-corrected chi connectivity index (χ0v) is 13.5. The molecule has 0 bridgehead atoms. The Morgan fingerprint density at radius 3 is 2.80 bits per heavy atom. The van der Waals surface area contributed by atoms with Crippen LogP contribution in [-0.4, -0.2) is 58.9 Å². The van der Waals surface area contributed by atoms with Crippen molar-refractivity contribution < 1.29 is 19.5 Å². The fourth-order valence-electron chi connectivity index (χ4n) is 3.68. The van der Waals surface area contributed by atoms with Crippen molar-refractivity contribution in [3.63, 3.8) is 0 Å². The van der Waals surface area contributed by atoms with Gasteiger partial charge in [0, 0.05) is 31.7 Å². The number of rotatable bonds is 4. The number of nitriles is 1. The Hall–Kier alpha value is -3.14. The van der Waals surface area contributed by atoms with Crippen LogP contribution in [0.1, 0.15) is 15.9 Å². The van der Waals surface area contributed by atoms with E-state index in [1.54, 1.807) is 24.3 Å². The summed E-state index contributed by atoms with van der Waals surface area (Å²) in [6, 6.07) is 8.21. The molecule has 0 radical (unpaired) electrons. The number of likely N-dealkylation sites (tertiary alicyclic amines) is 2. The minimum absolute atomic E-state index is 0.0258. The summed E-state index contributed by atoms with van der Waals surface area (Å²) in [5.41, 5.74) is -0.621. The van der Waals surface area contributed by atoms with E-state index in [1.807, 2.05) is 6.07 Å². The molecule has 128 valence electrons. The van der Waals surface area contributed by atoms with Crippen molar-refractivity contribution in [3.8, 4) is 6.07 Å². The molecule has 7 nitrogen and oxygen atoms in total. The number of hydrogen-bond acceptors (Lipinski definition) is 4. The Bertz CT molecular complexity index is 813. The molecule has 2 aliphatic rings. The highest BCUT2D eigenvalue weighted by atomic mass is 16.4. The van der Waals surface area contributed by atoms with Crippen molar-refractivity contribution in [3.05, 3.63) is 48.0 Å². The van der Waals surface area contributed by atoms with Gasteiger partial charge < -0.3 is 14.9 Å². The molecular formula is C18H17N3O4. The topological polar surface area (TPSA) is 102 Å². The molecule has 2 heterocycles. The Morgan fingerprint density at radius 1 is 1.44 bits per heavy atom. The molecule has 0 unspecified atom stereocenters. The van der Waals surface area contributed by atoms with E-state index >= 15 is 0 Å². The van der Waals surface area contributed by atoms with Crippen LogP contribution in [0, 0.1) is 22.7 Å². The maximum absolute atomic E-state index is 12.7. The summed E-state index contributed by atoms with van der Waals surface area (Å²) in [5, 5.41) is 18.7. The zero-order chi connectivity index (χ0) is 18.2. The van der Waals surface area contributed by atoms with E-state index in [-0.39, 0.29) is 31.4 Å². The number of carboxylic acids is 1. The second kappa shape index (κ2) is 6.06. The molecule has 0 aromatic heterocycles. The summed E-state index contributed by atoms with van der Waals surface area (Å²) in [5.74, 6) is -2.45. The Balaban J connectivity index is 1.88. The van der Waals surface area contributed by atoms with E-state index in [2.05, 4.69) is 6.58 Å². The summed E-state index contributed by atoms with van der Waals surface area (Å²) in [6.45, 7) is 3.99. The molecule has 2 aliphatic heterocycles. The second-order valence-electron chi connectivity index (χ2n) is 6.40. The lowest BCUT2D eigenvalue weighted by molar-refractivity contribution is -0.149. The third kappa shape index (κ3) is 2.56. The number of carboxylic acid groups (broad SMARTS) is 1. The number of hydrogen-bond donors (Lipinski definition) is 1. The lowest BCUT2D eigenvalue weighted by atomic mass is 9.81. The van der Waals surface area contributed by atoms with Gasteiger partial charge in [-0.15, -0.1) is 6.58 Å². The van der Waals surface area contributed by atoms with E-state index in [0.717, 1.165) is 0 Å². The van der Waals surface area contributed by atoms with Crippen LogP contribution in [0.5, 0.6) is 0 Å². The van der Waals surface area contributed by atoms with Crippen LogP contribution in [0.4, 0.5) is 0 Å². The lowest BCUT2D eigenvalue weighted by Crippen LogP contribution is -2.42. The van der Waals surface area contributed by atoms with Gasteiger partial charge in [-0.1, -0.05) is 12.1 Å². The van der Waals surface area contributed by atoms with Gasteiger partial charge in [0.2, 0.25) is 5.91 Å². The maximum atomic E-state index is 12.7. The molecule has 2 atom stereocenters. The molecule has 2 amide bonds. The monoisotopic (exact) mass is 339 g/mol. The molecule has 0 saturated carbocycles. The predicted octanol–water partition coefficient (Wildman–Crippen LogP) is 0.729. The molecule has 2 saturated heterocycles. The largest absolute Gasteiger partial charge is 0.481 e. The van der Waals surface area contributed by atoms with Crippen LogP contribution in [0.3, 0.4) is 0 Å². The average molecular weight is 339 g/mol. The third-order valence-corrected chi connectivity index (χ3v) is 4.93. The lowest BCUT2D eigenvalue weighted by Gasteiger charge is -2.24. The molecular weight excluding hydrogens is 322 g/mol. The van der Waals surface area contributed by atoms with Gasteiger partial charge in [-0.2, -0.15) is 5.26 Å². The number of carbonyl (C=O) groups is 3. The van der Waals surface area contributed by atoms with Gasteiger partial charge in [0.15, 0.2) is 0 Å². The van der Waals surface area contributed by atoms with Gasteiger partial charge in [0.05, 0.1) is 17.6 Å². The normalized spacial score (nSPS) is 24.8. The smallest absolute Gasteiger partial charge is 0.314 e. The van der Waals surface area contributed by atoms with Crippen LogP contribution in [-0.2, 0) is 9.59 Å². The summed E-state index contributed by atoms with van der Waals surface area (Å²) in [7, 11) is 0. The Labute approximate surface area is 144 Å². The molecule has 1 aromatic rings. The molecule has 1 aromatic carbocycles. The number of fused-ring (bicyclic) bond motifs is 1.